The summed E-state index contributed by atoms with van der Waals surface area (Å²) in [6.45, 7) is 4.15. The molecule has 0 unspecified atom stereocenters. The van der Waals surface area contributed by atoms with Crippen molar-refractivity contribution in [1.82, 2.24) is 14.5 Å². The van der Waals surface area contributed by atoms with Gasteiger partial charge in [-0.25, -0.2) is 9.97 Å². The fourth-order valence-corrected chi connectivity index (χ4v) is 3.54. The first-order valence-corrected chi connectivity index (χ1v) is 8.19. The third-order valence-electron chi connectivity index (χ3n) is 3.34. The van der Waals surface area contributed by atoms with Gasteiger partial charge in [0.05, 0.1) is 5.02 Å². The zero-order valence-electron chi connectivity index (χ0n) is 12.2. The number of hydrogen-bond acceptors (Lipinski definition) is 3. The molecule has 3 nitrogen and oxygen atoms in total. The molecular formula is C16H16ClN3S. The minimum absolute atomic E-state index is 0.774. The highest BCUT2D eigenvalue weighted by Crippen LogP contribution is 2.37. The number of nitrogens with zero attached hydrogens (tertiary/aromatic N) is 3. The monoisotopic (exact) mass is 317 g/mol. The van der Waals surface area contributed by atoms with Gasteiger partial charge in [-0.3, -0.25) is 0 Å². The molecule has 0 spiro atoms. The van der Waals surface area contributed by atoms with Gasteiger partial charge >= 0.3 is 0 Å². The van der Waals surface area contributed by atoms with Gasteiger partial charge in [0.25, 0.3) is 0 Å². The molecule has 0 radical (unpaired) electrons. The summed E-state index contributed by atoms with van der Waals surface area (Å²) in [6.07, 6.45) is 1.87. The molecule has 3 rings (SSSR count). The number of imidazole rings is 1. The Morgan fingerprint density at radius 2 is 2.14 bits per heavy atom. The maximum absolute atomic E-state index is 6.36. The minimum Gasteiger partial charge on any atom is -0.312 e. The van der Waals surface area contributed by atoms with Crippen LogP contribution in [-0.2, 0) is 7.05 Å². The lowest BCUT2D eigenvalue weighted by Crippen LogP contribution is -1.95. The van der Waals surface area contributed by atoms with Gasteiger partial charge in [0, 0.05) is 23.7 Å². The van der Waals surface area contributed by atoms with Gasteiger partial charge in [0.15, 0.2) is 5.65 Å². The van der Waals surface area contributed by atoms with E-state index >= 15 is 0 Å². The Bertz CT molecular complexity index is 811. The molecule has 108 valence electrons. The average Bonchev–Trinajstić information content (AvgIpc) is 2.78. The highest BCUT2D eigenvalue weighted by atomic mass is 35.5. The summed E-state index contributed by atoms with van der Waals surface area (Å²) < 4.78 is 2.03. The predicted octanol–water partition coefficient (Wildman–Crippen LogP) is 4.71. The highest BCUT2D eigenvalue weighted by molar-refractivity contribution is 7.99. The Labute approximate surface area is 133 Å². The van der Waals surface area contributed by atoms with Crippen molar-refractivity contribution in [2.75, 3.05) is 5.75 Å². The lowest BCUT2D eigenvalue weighted by Gasteiger charge is -2.10. The van der Waals surface area contributed by atoms with Gasteiger partial charge in [-0.2, -0.15) is 0 Å². The van der Waals surface area contributed by atoms with Gasteiger partial charge in [-0.05, 0) is 30.4 Å². The molecule has 2 heterocycles. The Morgan fingerprint density at radius 1 is 1.33 bits per heavy atom. The van der Waals surface area contributed by atoms with Crippen molar-refractivity contribution in [2.45, 2.75) is 18.7 Å². The molecule has 0 saturated carbocycles. The Hall–Kier alpha value is -1.52. The van der Waals surface area contributed by atoms with Gasteiger partial charge in [0.1, 0.15) is 11.3 Å². The van der Waals surface area contributed by atoms with E-state index in [0.29, 0.717) is 0 Å². The summed E-state index contributed by atoms with van der Waals surface area (Å²) in [4.78, 5) is 10.3. The zero-order chi connectivity index (χ0) is 15.0. The van der Waals surface area contributed by atoms with Crippen LogP contribution in [0.5, 0.6) is 0 Å². The Kier molecular flexibility index (Phi) is 3.91. The summed E-state index contributed by atoms with van der Waals surface area (Å²) in [5.41, 5.74) is 3.98. The third kappa shape index (κ3) is 2.54. The number of pyridine rings is 1. The minimum atomic E-state index is 0.774. The van der Waals surface area contributed by atoms with Crippen molar-refractivity contribution in [3.05, 3.63) is 41.0 Å². The van der Waals surface area contributed by atoms with Crippen molar-refractivity contribution in [3.63, 3.8) is 0 Å². The number of thioether (sulfide) groups is 1. The van der Waals surface area contributed by atoms with Crippen molar-refractivity contribution >= 4 is 34.5 Å². The molecule has 0 N–H and O–H groups in total. The van der Waals surface area contributed by atoms with Crippen LogP contribution in [0.1, 0.15) is 12.5 Å². The van der Waals surface area contributed by atoms with E-state index in [2.05, 4.69) is 24.0 Å². The van der Waals surface area contributed by atoms with Crippen LogP contribution in [0.2, 0.25) is 5.02 Å². The molecule has 0 fully saturated rings. The molecule has 2 aromatic heterocycles. The molecule has 21 heavy (non-hydrogen) atoms. The van der Waals surface area contributed by atoms with Crippen LogP contribution >= 0.6 is 23.4 Å². The van der Waals surface area contributed by atoms with Crippen molar-refractivity contribution in [2.24, 2.45) is 7.05 Å². The van der Waals surface area contributed by atoms with Gasteiger partial charge in [-0.1, -0.05) is 30.7 Å². The van der Waals surface area contributed by atoms with Crippen molar-refractivity contribution in [1.29, 1.82) is 0 Å². The molecule has 5 heteroatoms. The van der Waals surface area contributed by atoms with E-state index in [-0.39, 0.29) is 0 Å². The fraction of sp³-hybridized carbons (Fsp3) is 0.250. The van der Waals surface area contributed by atoms with E-state index in [0.717, 1.165) is 43.8 Å². The van der Waals surface area contributed by atoms with Crippen molar-refractivity contribution < 1.29 is 0 Å². The molecular weight excluding hydrogens is 302 g/mol. The number of rotatable bonds is 3. The smallest absolute Gasteiger partial charge is 0.160 e. The molecule has 0 amide bonds. The summed E-state index contributed by atoms with van der Waals surface area (Å²) in [5, 5.41) is 0.774. The van der Waals surface area contributed by atoms with Crippen LogP contribution < -0.4 is 0 Å². The van der Waals surface area contributed by atoms with E-state index < -0.39 is 0 Å². The normalized spacial score (nSPS) is 11.2. The third-order valence-corrected chi connectivity index (χ3v) is 4.79. The van der Waals surface area contributed by atoms with Gasteiger partial charge in [-0.15, -0.1) is 11.8 Å². The number of fused-ring (bicyclic) bond motifs is 1. The molecule has 3 aromatic rings. The quantitative estimate of drug-likeness (QED) is 0.655. The van der Waals surface area contributed by atoms with E-state index in [1.165, 1.54) is 0 Å². The molecule has 1 aromatic carbocycles. The van der Waals surface area contributed by atoms with Crippen LogP contribution in [0.4, 0.5) is 0 Å². The molecule has 0 atom stereocenters. The van der Waals surface area contributed by atoms with Crippen LogP contribution in [0.15, 0.2) is 35.4 Å². The second kappa shape index (κ2) is 5.70. The number of benzene rings is 1. The van der Waals surface area contributed by atoms with Gasteiger partial charge < -0.3 is 4.57 Å². The standard InChI is InChI=1S/C16H16ClN3S/c1-4-21-14-11(6-5-7-12(14)17)15-19-13-8-10(2)9-18-16(13)20(15)3/h5-9H,4H2,1-3H3. The second-order valence-electron chi connectivity index (χ2n) is 4.90. The zero-order valence-corrected chi connectivity index (χ0v) is 13.8. The average molecular weight is 318 g/mol. The fourth-order valence-electron chi connectivity index (χ4n) is 2.39. The topological polar surface area (TPSA) is 30.7 Å². The number of aromatic nitrogens is 3. The highest BCUT2D eigenvalue weighted by Gasteiger charge is 2.16. The molecule has 0 aliphatic carbocycles. The molecule has 0 aliphatic rings. The lowest BCUT2D eigenvalue weighted by molar-refractivity contribution is 0.937. The van der Waals surface area contributed by atoms with Crippen LogP contribution in [-0.4, -0.2) is 20.3 Å². The van der Waals surface area contributed by atoms with Gasteiger partial charge in [0.2, 0.25) is 0 Å². The molecule has 0 saturated heterocycles. The summed E-state index contributed by atoms with van der Waals surface area (Å²) in [5.74, 6) is 1.87. The Balaban J connectivity index is 2.25. The van der Waals surface area contributed by atoms with Crippen LogP contribution in [0.3, 0.4) is 0 Å². The first kappa shape index (κ1) is 14.4. The van der Waals surface area contributed by atoms with Crippen molar-refractivity contribution in [3.8, 4) is 11.4 Å². The number of aryl methyl sites for hydroxylation is 2. The second-order valence-corrected chi connectivity index (χ2v) is 6.58. The SMILES string of the molecule is CCSc1c(Cl)cccc1-c1nc2cc(C)cnc2n1C. The summed E-state index contributed by atoms with van der Waals surface area (Å²) in [7, 11) is 1.99. The largest absolute Gasteiger partial charge is 0.312 e. The lowest BCUT2D eigenvalue weighted by atomic mass is 10.2. The Morgan fingerprint density at radius 3 is 2.90 bits per heavy atom. The summed E-state index contributed by atoms with van der Waals surface area (Å²) in [6, 6.07) is 8.02. The first-order chi connectivity index (χ1) is 10.1. The van der Waals surface area contributed by atoms with Crippen LogP contribution in [0, 0.1) is 6.92 Å². The maximum Gasteiger partial charge on any atom is 0.160 e. The van der Waals surface area contributed by atoms with E-state index in [9.17, 15) is 0 Å². The van der Waals surface area contributed by atoms with Crippen LogP contribution in [0.25, 0.3) is 22.6 Å². The maximum atomic E-state index is 6.36. The van der Waals surface area contributed by atoms with E-state index in [1.807, 2.05) is 36.9 Å². The first-order valence-electron chi connectivity index (χ1n) is 6.82. The van der Waals surface area contributed by atoms with E-state index in [4.69, 9.17) is 16.6 Å². The summed E-state index contributed by atoms with van der Waals surface area (Å²) >= 11 is 8.10. The van der Waals surface area contributed by atoms with E-state index in [1.54, 1.807) is 11.8 Å². The predicted molar refractivity (Wildman–Crippen MR) is 90.1 cm³/mol. The molecule has 0 bridgehead atoms. The number of hydrogen-bond donors (Lipinski definition) is 0. The number of halogens is 1. The molecule has 0 aliphatic heterocycles.